The molecule has 1 fully saturated rings. The van der Waals surface area contributed by atoms with Crippen LogP contribution >= 0.6 is 11.6 Å². The largest absolute Gasteiger partial charge is 0.479 e. The number of benzene rings is 2. The molecule has 1 saturated heterocycles. The van der Waals surface area contributed by atoms with Gasteiger partial charge in [0.05, 0.1) is 10.7 Å². The Balaban J connectivity index is 1.51. The van der Waals surface area contributed by atoms with Crippen molar-refractivity contribution >= 4 is 39.1 Å². The van der Waals surface area contributed by atoms with Gasteiger partial charge < -0.3 is 15.0 Å². The number of sulfonamides is 1. The van der Waals surface area contributed by atoms with Crippen LogP contribution in [0.3, 0.4) is 0 Å². The second kappa shape index (κ2) is 8.34. The Hall–Kier alpha value is -2.69. The topological polar surface area (TPSA) is 96.0 Å². The Morgan fingerprint density at radius 1 is 1.19 bits per heavy atom. The number of nitrogens with one attached hydrogen (secondary N) is 1. The first kappa shape index (κ1) is 22.5. The van der Waals surface area contributed by atoms with E-state index in [1.54, 1.807) is 19.9 Å². The van der Waals surface area contributed by atoms with E-state index in [1.165, 1.54) is 33.5 Å². The van der Waals surface area contributed by atoms with Crippen molar-refractivity contribution in [1.29, 1.82) is 0 Å². The van der Waals surface area contributed by atoms with Gasteiger partial charge in [0.2, 0.25) is 10.0 Å². The average Bonchev–Trinajstić information content (AvgIpc) is 2.76. The Bertz CT molecular complexity index is 1210. The van der Waals surface area contributed by atoms with Gasteiger partial charge in [0.1, 0.15) is 16.5 Å². The summed E-state index contributed by atoms with van der Waals surface area (Å²) >= 11 is 6.22. The van der Waals surface area contributed by atoms with E-state index in [9.17, 15) is 22.4 Å². The van der Waals surface area contributed by atoms with E-state index in [1.807, 2.05) is 0 Å². The monoisotopic (exact) mass is 481 g/mol. The third-order valence-electron chi connectivity index (χ3n) is 5.53. The number of fused-ring (bicyclic) bond motifs is 1. The molecule has 0 aromatic heterocycles. The molecule has 2 aliphatic heterocycles. The first-order chi connectivity index (χ1) is 15.1. The summed E-state index contributed by atoms with van der Waals surface area (Å²) in [4.78, 5) is 25.8. The van der Waals surface area contributed by atoms with Gasteiger partial charge >= 0.3 is 0 Å². The van der Waals surface area contributed by atoms with Crippen molar-refractivity contribution in [3.8, 4) is 5.75 Å². The minimum Gasteiger partial charge on any atom is -0.479 e. The van der Waals surface area contributed by atoms with E-state index >= 15 is 0 Å². The van der Waals surface area contributed by atoms with E-state index in [0.29, 0.717) is 11.3 Å². The van der Waals surface area contributed by atoms with Crippen molar-refractivity contribution < 1.29 is 27.1 Å². The predicted octanol–water partition coefficient (Wildman–Crippen LogP) is 2.65. The maximum Gasteiger partial charge on any atom is 0.265 e. The number of carbonyl (C=O) groups excluding carboxylic acids is 2. The molecule has 0 radical (unpaired) electrons. The third kappa shape index (κ3) is 4.05. The summed E-state index contributed by atoms with van der Waals surface area (Å²) in [7, 11) is -3.97. The second-order valence-corrected chi connectivity index (χ2v) is 10.0. The number of hydrogen-bond donors (Lipinski definition) is 1. The molecule has 2 aliphatic rings. The lowest BCUT2D eigenvalue weighted by Gasteiger charge is -2.34. The number of amides is 2. The van der Waals surface area contributed by atoms with Crippen molar-refractivity contribution in [2.75, 3.05) is 31.5 Å². The average molecular weight is 482 g/mol. The van der Waals surface area contributed by atoms with Gasteiger partial charge in [-0.3, -0.25) is 9.59 Å². The summed E-state index contributed by atoms with van der Waals surface area (Å²) in [6.45, 7) is 3.59. The van der Waals surface area contributed by atoms with E-state index in [4.69, 9.17) is 16.3 Å². The number of nitrogens with zero attached hydrogens (tertiary/aromatic N) is 2. The van der Waals surface area contributed by atoms with Crippen molar-refractivity contribution in [2.24, 2.45) is 0 Å². The zero-order chi connectivity index (χ0) is 23.2. The molecule has 0 bridgehead atoms. The zero-order valence-electron chi connectivity index (χ0n) is 17.4. The fraction of sp³-hybridized carbons (Fsp3) is 0.333. The van der Waals surface area contributed by atoms with Crippen molar-refractivity contribution in [1.82, 2.24) is 9.21 Å². The summed E-state index contributed by atoms with van der Waals surface area (Å²) in [6, 6.07) is 6.92. The summed E-state index contributed by atoms with van der Waals surface area (Å²) in [5.74, 6) is -0.952. The van der Waals surface area contributed by atoms with E-state index in [0.717, 1.165) is 0 Å². The van der Waals surface area contributed by atoms with Crippen LogP contribution in [-0.2, 0) is 14.8 Å². The highest BCUT2D eigenvalue weighted by Gasteiger charge is 2.34. The third-order valence-corrected chi connectivity index (χ3v) is 7.89. The Morgan fingerprint density at radius 3 is 2.53 bits per heavy atom. The molecule has 0 saturated carbocycles. The summed E-state index contributed by atoms with van der Waals surface area (Å²) in [5, 5.41) is 2.58. The Morgan fingerprint density at radius 2 is 1.88 bits per heavy atom. The maximum atomic E-state index is 13.8. The van der Waals surface area contributed by atoms with Crippen molar-refractivity contribution in [3.05, 3.63) is 52.3 Å². The minimum absolute atomic E-state index is 0.0455. The molecule has 2 aromatic carbocycles. The molecule has 0 aliphatic carbocycles. The predicted molar refractivity (Wildman–Crippen MR) is 116 cm³/mol. The minimum atomic E-state index is -3.97. The molecule has 2 amide bonds. The van der Waals surface area contributed by atoms with Gasteiger partial charge in [0.25, 0.3) is 11.8 Å². The summed E-state index contributed by atoms with van der Waals surface area (Å²) < 4.78 is 47.0. The number of aryl methyl sites for hydroxylation is 1. The molecule has 32 heavy (non-hydrogen) atoms. The normalized spacial score (nSPS) is 19.2. The van der Waals surface area contributed by atoms with Crippen LogP contribution in [0.2, 0.25) is 5.02 Å². The fourth-order valence-corrected chi connectivity index (χ4v) is 5.52. The molecule has 8 nitrogen and oxygen atoms in total. The highest BCUT2D eigenvalue weighted by Crippen LogP contribution is 2.38. The van der Waals surface area contributed by atoms with Gasteiger partial charge in [0, 0.05) is 37.8 Å². The Kier molecular flexibility index (Phi) is 5.87. The number of rotatable bonds is 3. The van der Waals surface area contributed by atoms with Crippen LogP contribution in [0.4, 0.5) is 10.1 Å². The van der Waals surface area contributed by atoms with Crippen LogP contribution in [0.25, 0.3) is 0 Å². The fourth-order valence-electron chi connectivity index (χ4n) is 3.59. The quantitative estimate of drug-likeness (QED) is 0.727. The number of anilines is 1. The second-order valence-electron chi connectivity index (χ2n) is 7.69. The highest BCUT2D eigenvalue weighted by molar-refractivity contribution is 7.89. The first-order valence-electron chi connectivity index (χ1n) is 9.94. The molecular formula is C21H21ClFN3O5S. The number of hydrogen-bond acceptors (Lipinski definition) is 5. The molecule has 1 N–H and O–H groups in total. The lowest BCUT2D eigenvalue weighted by Crippen LogP contribution is -2.50. The van der Waals surface area contributed by atoms with Crippen LogP contribution in [0, 0.1) is 12.7 Å². The molecule has 2 aromatic rings. The molecule has 0 spiro atoms. The van der Waals surface area contributed by atoms with Crippen LogP contribution in [0.5, 0.6) is 5.75 Å². The molecule has 1 atom stereocenters. The van der Waals surface area contributed by atoms with Crippen molar-refractivity contribution in [2.45, 2.75) is 24.8 Å². The summed E-state index contributed by atoms with van der Waals surface area (Å²) in [5.41, 5.74) is 0.964. The smallest absolute Gasteiger partial charge is 0.265 e. The first-order valence-corrected chi connectivity index (χ1v) is 11.8. The number of ether oxygens (including phenoxy) is 1. The van der Waals surface area contributed by atoms with E-state index < -0.39 is 21.9 Å². The molecule has 170 valence electrons. The van der Waals surface area contributed by atoms with Gasteiger partial charge in [-0.2, -0.15) is 4.31 Å². The maximum absolute atomic E-state index is 13.8. The molecule has 11 heteroatoms. The van der Waals surface area contributed by atoms with Gasteiger partial charge in [-0.05, 0) is 37.6 Å². The van der Waals surface area contributed by atoms with Gasteiger partial charge in [0.15, 0.2) is 6.10 Å². The van der Waals surface area contributed by atoms with Gasteiger partial charge in [-0.15, -0.1) is 0 Å². The zero-order valence-corrected chi connectivity index (χ0v) is 19.0. The van der Waals surface area contributed by atoms with Gasteiger partial charge in [-0.25, -0.2) is 12.8 Å². The Labute approximate surface area is 189 Å². The number of halogens is 2. The molecule has 4 rings (SSSR count). The summed E-state index contributed by atoms with van der Waals surface area (Å²) in [6.07, 6.45) is -0.764. The molecular weight excluding hydrogens is 461 g/mol. The van der Waals surface area contributed by atoms with E-state index in [-0.39, 0.29) is 59.2 Å². The lowest BCUT2D eigenvalue weighted by atomic mass is 10.1. The number of piperazine rings is 1. The van der Waals surface area contributed by atoms with E-state index in [2.05, 4.69) is 5.32 Å². The van der Waals surface area contributed by atoms with Crippen LogP contribution in [0.1, 0.15) is 22.8 Å². The van der Waals surface area contributed by atoms with Crippen LogP contribution in [-0.4, -0.2) is 61.7 Å². The molecule has 2 heterocycles. The van der Waals surface area contributed by atoms with Crippen molar-refractivity contribution in [3.63, 3.8) is 0 Å². The van der Waals surface area contributed by atoms with Crippen LogP contribution in [0.15, 0.2) is 35.2 Å². The van der Waals surface area contributed by atoms with Gasteiger partial charge in [-0.1, -0.05) is 17.7 Å². The SMILES string of the molecule is Cc1ccc(C(=O)N2CCN(S(=O)(=O)c3cc4c(cc3Cl)NC(=O)[C@H](C)O4)CC2)cc1F. The molecule has 0 unspecified atom stereocenters. The standard InChI is InChI=1S/C21H21ClFN3O5S/c1-12-3-4-14(9-16(12)23)21(28)25-5-7-26(8-6-25)32(29,30)19-11-18-17(10-15(19)22)24-20(27)13(2)31-18/h3-4,9-11,13H,5-8H2,1-2H3,(H,24,27)/t13-/m0/s1. The lowest BCUT2D eigenvalue weighted by molar-refractivity contribution is -0.122. The highest BCUT2D eigenvalue weighted by atomic mass is 35.5. The van der Waals surface area contributed by atoms with Crippen LogP contribution < -0.4 is 10.1 Å². The number of carbonyl (C=O) groups is 2.